The molecule has 0 fully saturated rings. The number of nitrogens with two attached hydrogens (primary N) is 1. The molecular formula is C7H11ClN4O2. The van der Waals surface area contributed by atoms with Crippen molar-refractivity contribution in [2.75, 3.05) is 6.54 Å². The Bertz CT molecular complexity index is 350. The van der Waals surface area contributed by atoms with Crippen LogP contribution in [-0.2, 0) is 6.54 Å². The monoisotopic (exact) mass is 218 g/mol. The minimum Gasteiger partial charge on any atom is -0.358 e. The molecule has 0 atom stereocenters. The molecule has 0 unspecified atom stereocenters. The molecule has 0 amide bonds. The predicted molar refractivity (Wildman–Crippen MR) is 52.3 cm³/mol. The van der Waals surface area contributed by atoms with Crippen LogP contribution < -0.4 is 5.73 Å². The average molecular weight is 219 g/mol. The molecule has 0 aliphatic heterocycles. The topological polar surface area (TPSA) is 87.0 Å². The number of hydrogen-bond acceptors (Lipinski definition) is 4. The summed E-state index contributed by atoms with van der Waals surface area (Å²) in [5, 5.41) is 14.4. The van der Waals surface area contributed by atoms with E-state index in [1.807, 2.05) is 0 Å². The number of aryl methyl sites for hydroxylation is 1. The molecule has 0 aliphatic rings. The summed E-state index contributed by atoms with van der Waals surface area (Å²) in [5.74, 6) is -0.291. The van der Waals surface area contributed by atoms with Crippen molar-refractivity contribution in [2.45, 2.75) is 19.9 Å². The first-order valence-corrected chi connectivity index (χ1v) is 4.53. The Labute approximate surface area is 85.8 Å². The minimum atomic E-state index is -0.589. The van der Waals surface area contributed by atoms with Crippen LogP contribution in [0.3, 0.4) is 0 Å². The molecule has 0 saturated carbocycles. The lowest BCUT2D eigenvalue weighted by Gasteiger charge is -1.96. The second-order valence-corrected chi connectivity index (χ2v) is 3.22. The molecule has 1 heterocycles. The van der Waals surface area contributed by atoms with Crippen molar-refractivity contribution in [3.8, 4) is 0 Å². The average Bonchev–Trinajstić information content (AvgIpc) is 2.42. The van der Waals surface area contributed by atoms with Gasteiger partial charge in [-0.1, -0.05) is 11.6 Å². The zero-order valence-corrected chi connectivity index (χ0v) is 8.49. The van der Waals surface area contributed by atoms with Crippen LogP contribution in [0.1, 0.15) is 12.1 Å². The fourth-order valence-corrected chi connectivity index (χ4v) is 1.29. The van der Waals surface area contributed by atoms with E-state index in [4.69, 9.17) is 17.3 Å². The number of nitro groups is 1. The lowest BCUT2D eigenvalue weighted by molar-refractivity contribution is -0.389. The van der Waals surface area contributed by atoms with Crippen molar-refractivity contribution in [1.82, 2.24) is 9.78 Å². The summed E-state index contributed by atoms with van der Waals surface area (Å²) >= 11 is 5.73. The van der Waals surface area contributed by atoms with E-state index in [0.29, 0.717) is 18.8 Å². The summed E-state index contributed by atoms with van der Waals surface area (Å²) in [6.45, 7) is 2.76. The fourth-order valence-electron chi connectivity index (χ4n) is 1.08. The number of rotatable bonds is 4. The molecule has 0 radical (unpaired) electrons. The van der Waals surface area contributed by atoms with Crippen LogP contribution in [-0.4, -0.2) is 21.2 Å². The smallest absolute Gasteiger partial charge is 0.358 e. The summed E-state index contributed by atoms with van der Waals surface area (Å²) in [6.07, 6.45) is 0.718. The standard InChI is InChI=1S/C7H11ClN4O2/c1-5-6(8)7(12(13)14)10-11(5)4-2-3-9/h2-4,9H2,1H3. The highest BCUT2D eigenvalue weighted by Crippen LogP contribution is 2.26. The molecule has 0 spiro atoms. The first-order chi connectivity index (χ1) is 6.57. The SMILES string of the molecule is Cc1c(Cl)c([N+](=O)[O-])nn1CCCN. The Balaban J connectivity index is 2.96. The van der Waals surface area contributed by atoms with E-state index in [1.165, 1.54) is 4.68 Å². The normalized spacial score (nSPS) is 10.5. The number of hydrogen-bond donors (Lipinski definition) is 1. The van der Waals surface area contributed by atoms with Gasteiger partial charge in [-0.15, -0.1) is 0 Å². The highest BCUT2D eigenvalue weighted by Gasteiger charge is 2.23. The van der Waals surface area contributed by atoms with Gasteiger partial charge in [0.15, 0.2) is 5.02 Å². The van der Waals surface area contributed by atoms with Crippen molar-refractivity contribution in [1.29, 1.82) is 0 Å². The van der Waals surface area contributed by atoms with Gasteiger partial charge < -0.3 is 15.8 Å². The molecule has 1 rings (SSSR count). The quantitative estimate of drug-likeness (QED) is 0.606. The molecule has 14 heavy (non-hydrogen) atoms. The summed E-state index contributed by atoms with van der Waals surface area (Å²) in [6, 6.07) is 0. The van der Waals surface area contributed by atoms with E-state index in [1.54, 1.807) is 6.92 Å². The fraction of sp³-hybridized carbons (Fsp3) is 0.571. The maximum atomic E-state index is 10.5. The van der Waals surface area contributed by atoms with Crippen molar-refractivity contribution in [3.63, 3.8) is 0 Å². The third-order valence-electron chi connectivity index (χ3n) is 1.86. The number of aromatic nitrogens is 2. The minimum absolute atomic E-state index is 0.104. The maximum absolute atomic E-state index is 10.5. The van der Waals surface area contributed by atoms with Gasteiger partial charge in [0.25, 0.3) is 0 Å². The molecule has 7 heteroatoms. The molecule has 6 nitrogen and oxygen atoms in total. The van der Waals surface area contributed by atoms with Crippen molar-refractivity contribution in [3.05, 3.63) is 20.8 Å². The van der Waals surface area contributed by atoms with Crippen LogP contribution in [0.4, 0.5) is 5.82 Å². The Kier molecular flexibility index (Phi) is 3.43. The second-order valence-electron chi connectivity index (χ2n) is 2.85. The molecule has 0 aliphatic carbocycles. The number of halogens is 1. The van der Waals surface area contributed by atoms with Crippen LogP contribution in [0.25, 0.3) is 0 Å². The van der Waals surface area contributed by atoms with E-state index in [0.717, 1.165) is 6.42 Å². The summed E-state index contributed by atoms with van der Waals surface area (Å²) < 4.78 is 1.51. The molecule has 78 valence electrons. The Morgan fingerprint density at radius 2 is 2.36 bits per heavy atom. The van der Waals surface area contributed by atoms with E-state index < -0.39 is 4.92 Å². The zero-order valence-electron chi connectivity index (χ0n) is 7.73. The first-order valence-electron chi connectivity index (χ1n) is 4.15. The lowest BCUT2D eigenvalue weighted by Crippen LogP contribution is -2.08. The second kappa shape index (κ2) is 4.39. The molecule has 2 N–H and O–H groups in total. The van der Waals surface area contributed by atoms with Crippen LogP contribution in [0, 0.1) is 17.0 Å². The van der Waals surface area contributed by atoms with Crippen molar-refractivity contribution >= 4 is 17.4 Å². The maximum Gasteiger partial charge on any atom is 0.408 e. The van der Waals surface area contributed by atoms with Gasteiger partial charge in [0, 0.05) is 0 Å². The molecule has 0 saturated heterocycles. The molecule has 1 aromatic heterocycles. The van der Waals surface area contributed by atoms with Gasteiger partial charge in [-0.05, 0) is 24.8 Å². The molecule has 1 aromatic rings. The highest BCUT2D eigenvalue weighted by atomic mass is 35.5. The largest absolute Gasteiger partial charge is 0.408 e. The summed E-state index contributed by atoms with van der Waals surface area (Å²) in [4.78, 5) is 9.89. The van der Waals surface area contributed by atoms with Crippen LogP contribution in [0.5, 0.6) is 0 Å². The predicted octanol–water partition coefficient (Wildman–Crippen LogP) is 1.10. The third-order valence-corrected chi connectivity index (χ3v) is 2.31. The molecule has 0 aromatic carbocycles. The van der Waals surface area contributed by atoms with Gasteiger partial charge in [0.1, 0.15) is 0 Å². The first kappa shape index (κ1) is 10.9. The van der Waals surface area contributed by atoms with Crippen LogP contribution in [0.2, 0.25) is 5.02 Å². The molecule has 0 bridgehead atoms. The Morgan fingerprint density at radius 3 is 2.79 bits per heavy atom. The number of nitrogens with zero attached hydrogens (tertiary/aromatic N) is 3. The van der Waals surface area contributed by atoms with Gasteiger partial charge in [0.2, 0.25) is 0 Å². The van der Waals surface area contributed by atoms with Gasteiger partial charge in [-0.2, -0.15) is 4.68 Å². The van der Waals surface area contributed by atoms with Gasteiger partial charge in [0.05, 0.1) is 17.3 Å². The highest BCUT2D eigenvalue weighted by molar-refractivity contribution is 6.33. The van der Waals surface area contributed by atoms with E-state index in [-0.39, 0.29) is 10.8 Å². The van der Waals surface area contributed by atoms with Gasteiger partial charge >= 0.3 is 5.82 Å². The van der Waals surface area contributed by atoms with Crippen LogP contribution >= 0.6 is 11.6 Å². The van der Waals surface area contributed by atoms with Crippen molar-refractivity contribution < 1.29 is 4.92 Å². The lowest BCUT2D eigenvalue weighted by atomic mass is 10.4. The summed E-state index contributed by atoms with van der Waals surface area (Å²) in [5.41, 5.74) is 5.93. The van der Waals surface area contributed by atoms with E-state index in [2.05, 4.69) is 5.10 Å². The van der Waals surface area contributed by atoms with E-state index in [9.17, 15) is 10.1 Å². The third kappa shape index (κ3) is 2.02. The van der Waals surface area contributed by atoms with Gasteiger partial charge in [-0.3, -0.25) is 0 Å². The van der Waals surface area contributed by atoms with Gasteiger partial charge in [-0.25, -0.2) is 0 Å². The zero-order chi connectivity index (χ0) is 10.7. The Morgan fingerprint density at radius 1 is 1.71 bits per heavy atom. The molecular weight excluding hydrogens is 208 g/mol. The van der Waals surface area contributed by atoms with Crippen LogP contribution in [0.15, 0.2) is 0 Å². The Hall–Kier alpha value is -1.14. The van der Waals surface area contributed by atoms with Crippen molar-refractivity contribution in [2.24, 2.45) is 5.73 Å². The van der Waals surface area contributed by atoms with E-state index >= 15 is 0 Å². The summed E-state index contributed by atoms with van der Waals surface area (Å²) in [7, 11) is 0.